The summed E-state index contributed by atoms with van der Waals surface area (Å²) in [6.07, 6.45) is 4.44. The highest BCUT2D eigenvalue weighted by Crippen LogP contribution is 2.13. The fraction of sp³-hybridized carbons (Fsp3) is 0.600. The van der Waals surface area contributed by atoms with E-state index in [0.29, 0.717) is 17.8 Å². The lowest BCUT2D eigenvalue weighted by molar-refractivity contribution is 0.0752. The van der Waals surface area contributed by atoms with Gasteiger partial charge in [-0.3, -0.25) is 0 Å². The molecule has 1 unspecified atom stereocenters. The van der Waals surface area contributed by atoms with Crippen LogP contribution in [0.1, 0.15) is 31.7 Å². The molecular weight excluding hydrogens is 226 g/mol. The lowest BCUT2D eigenvalue weighted by Gasteiger charge is -2.26. The van der Waals surface area contributed by atoms with Crippen molar-refractivity contribution < 1.29 is 9.84 Å². The third-order valence-corrected chi connectivity index (χ3v) is 3.54. The molecule has 3 heteroatoms. The summed E-state index contributed by atoms with van der Waals surface area (Å²) < 4.78 is 5.36. The normalized spacial score (nSPS) is 18.7. The number of phenols is 1. The molecule has 0 saturated carbocycles. The highest BCUT2D eigenvalue weighted by molar-refractivity contribution is 5.25. The third-order valence-electron chi connectivity index (χ3n) is 3.54. The maximum Gasteiger partial charge on any atom is 0.115 e. The average molecular weight is 249 g/mol. The van der Waals surface area contributed by atoms with Crippen molar-refractivity contribution in [3.05, 3.63) is 29.8 Å². The summed E-state index contributed by atoms with van der Waals surface area (Å²) in [4.78, 5) is 0. The van der Waals surface area contributed by atoms with Crippen LogP contribution in [0.5, 0.6) is 5.75 Å². The molecule has 18 heavy (non-hydrogen) atoms. The van der Waals surface area contributed by atoms with Crippen molar-refractivity contribution in [3.8, 4) is 5.75 Å². The third kappa shape index (κ3) is 4.31. The molecule has 2 N–H and O–H groups in total. The van der Waals surface area contributed by atoms with Gasteiger partial charge >= 0.3 is 0 Å². The van der Waals surface area contributed by atoms with Crippen LogP contribution >= 0.6 is 0 Å². The van der Waals surface area contributed by atoms with E-state index in [1.54, 1.807) is 12.1 Å². The van der Waals surface area contributed by atoms with Crippen molar-refractivity contribution in [1.82, 2.24) is 5.32 Å². The Morgan fingerprint density at radius 3 is 2.61 bits per heavy atom. The van der Waals surface area contributed by atoms with Crippen molar-refractivity contribution >= 4 is 0 Å². The van der Waals surface area contributed by atoms with E-state index in [-0.39, 0.29) is 0 Å². The van der Waals surface area contributed by atoms with Gasteiger partial charge in [-0.2, -0.15) is 0 Å². The summed E-state index contributed by atoms with van der Waals surface area (Å²) in [5.41, 5.74) is 1.29. The van der Waals surface area contributed by atoms with Gasteiger partial charge in [-0.25, -0.2) is 0 Å². The minimum atomic E-state index is 0.340. The standard InChI is InChI=1S/C15H23NO2/c1-12(16-14-8-10-18-11-9-14)2-3-13-4-6-15(17)7-5-13/h4-7,12,14,16-17H,2-3,8-11H2,1H3. The van der Waals surface area contributed by atoms with Crippen molar-refractivity contribution in [2.24, 2.45) is 0 Å². The van der Waals surface area contributed by atoms with Crippen molar-refractivity contribution in [1.29, 1.82) is 0 Å². The molecule has 3 nitrogen and oxygen atoms in total. The molecule has 1 saturated heterocycles. The molecule has 0 aliphatic carbocycles. The van der Waals surface area contributed by atoms with Gasteiger partial charge in [0.2, 0.25) is 0 Å². The van der Waals surface area contributed by atoms with Crippen LogP contribution in [0, 0.1) is 0 Å². The molecule has 1 aliphatic rings. The van der Waals surface area contributed by atoms with Gasteiger partial charge in [-0.1, -0.05) is 12.1 Å². The van der Waals surface area contributed by atoms with E-state index in [9.17, 15) is 5.11 Å². The predicted molar refractivity (Wildman–Crippen MR) is 72.9 cm³/mol. The number of aromatic hydroxyl groups is 1. The molecule has 1 aliphatic heterocycles. The van der Waals surface area contributed by atoms with Crippen molar-refractivity contribution in [3.63, 3.8) is 0 Å². The zero-order chi connectivity index (χ0) is 12.8. The summed E-state index contributed by atoms with van der Waals surface area (Å²) in [6.45, 7) is 4.03. The second-order valence-corrected chi connectivity index (χ2v) is 5.16. The molecule has 1 aromatic rings. The Kier molecular flexibility index (Phi) is 5.02. The number of ether oxygens (including phenoxy) is 1. The Balaban J connectivity index is 1.70. The smallest absolute Gasteiger partial charge is 0.115 e. The number of nitrogens with one attached hydrogen (secondary N) is 1. The van der Waals surface area contributed by atoms with Gasteiger partial charge < -0.3 is 15.2 Å². The zero-order valence-corrected chi connectivity index (χ0v) is 11.1. The number of aryl methyl sites for hydroxylation is 1. The highest BCUT2D eigenvalue weighted by atomic mass is 16.5. The summed E-state index contributed by atoms with van der Waals surface area (Å²) in [6, 6.07) is 8.65. The van der Waals surface area contributed by atoms with Gasteiger partial charge in [0.15, 0.2) is 0 Å². The monoisotopic (exact) mass is 249 g/mol. The average Bonchev–Trinajstić information content (AvgIpc) is 2.39. The predicted octanol–water partition coefficient (Wildman–Crippen LogP) is 2.48. The van der Waals surface area contributed by atoms with Crippen molar-refractivity contribution in [2.75, 3.05) is 13.2 Å². The second kappa shape index (κ2) is 6.76. The van der Waals surface area contributed by atoms with E-state index in [0.717, 1.165) is 38.9 Å². The molecule has 1 aromatic carbocycles. The molecule has 1 fully saturated rings. The number of benzene rings is 1. The van der Waals surface area contributed by atoms with Gasteiger partial charge in [0.25, 0.3) is 0 Å². The summed E-state index contributed by atoms with van der Waals surface area (Å²) in [5, 5.41) is 12.9. The molecule has 100 valence electrons. The fourth-order valence-corrected chi connectivity index (χ4v) is 2.40. The molecule has 0 bridgehead atoms. The van der Waals surface area contributed by atoms with Gasteiger partial charge in [-0.15, -0.1) is 0 Å². The maximum atomic E-state index is 9.23. The first kappa shape index (κ1) is 13.4. The Morgan fingerprint density at radius 2 is 1.94 bits per heavy atom. The van der Waals surface area contributed by atoms with Crippen LogP contribution in [0.3, 0.4) is 0 Å². The minimum absolute atomic E-state index is 0.340. The molecule has 1 atom stereocenters. The number of hydrogen-bond acceptors (Lipinski definition) is 3. The van der Waals surface area contributed by atoms with E-state index in [1.165, 1.54) is 5.56 Å². The van der Waals surface area contributed by atoms with E-state index in [1.807, 2.05) is 12.1 Å². The Hall–Kier alpha value is -1.06. The van der Waals surface area contributed by atoms with Crippen LogP contribution in [0.25, 0.3) is 0 Å². The van der Waals surface area contributed by atoms with Crippen LogP contribution in [-0.2, 0) is 11.2 Å². The largest absolute Gasteiger partial charge is 0.508 e. The zero-order valence-electron chi connectivity index (χ0n) is 11.1. The van der Waals surface area contributed by atoms with Gasteiger partial charge in [0, 0.05) is 25.3 Å². The lowest BCUT2D eigenvalue weighted by Crippen LogP contribution is -2.40. The van der Waals surface area contributed by atoms with E-state index in [4.69, 9.17) is 4.74 Å². The van der Waals surface area contributed by atoms with Crippen LogP contribution in [0.4, 0.5) is 0 Å². The first-order valence-corrected chi connectivity index (χ1v) is 6.86. The SMILES string of the molecule is CC(CCc1ccc(O)cc1)NC1CCOCC1. The molecule has 2 rings (SSSR count). The maximum absolute atomic E-state index is 9.23. The topological polar surface area (TPSA) is 41.5 Å². The number of phenolic OH excluding ortho intramolecular Hbond substituents is 1. The van der Waals surface area contributed by atoms with E-state index >= 15 is 0 Å². The molecule has 0 radical (unpaired) electrons. The first-order valence-electron chi connectivity index (χ1n) is 6.86. The Labute approximate surface area is 109 Å². The number of hydrogen-bond donors (Lipinski definition) is 2. The van der Waals surface area contributed by atoms with E-state index in [2.05, 4.69) is 12.2 Å². The molecule has 0 amide bonds. The fourth-order valence-electron chi connectivity index (χ4n) is 2.40. The second-order valence-electron chi connectivity index (χ2n) is 5.16. The number of rotatable bonds is 5. The summed E-state index contributed by atoms with van der Waals surface area (Å²) in [7, 11) is 0. The van der Waals surface area contributed by atoms with Crippen LogP contribution in [0.15, 0.2) is 24.3 Å². The molecular formula is C15H23NO2. The van der Waals surface area contributed by atoms with Gasteiger partial charge in [0.05, 0.1) is 0 Å². The van der Waals surface area contributed by atoms with Crippen molar-refractivity contribution in [2.45, 2.75) is 44.7 Å². The Morgan fingerprint density at radius 1 is 1.28 bits per heavy atom. The molecule has 1 heterocycles. The summed E-state index contributed by atoms with van der Waals surface area (Å²) >= 11 is 0. The van der Waals surface area contributed by atoms with Gasteiger partial charge in [0.1, 0.15) is 5.75 Å². The quantitative estimate of drug-likeness (QED) is 0.842. The highest BCUT2D eigenvalue weighted by Gasteiger charge is 2.15. The van der Waals surface area contributed by atoms with Crippen LogP contribution in [-0.4, -0.2) is 30.4 Å². The summed E-state index contributed by atoms with van der Waals surface area (Å²) in [5.74, 6) is 0.340. The lowest BCUT2D eigenvalue weighted by atomic mass is 10.0. The first-order chi connectivity index (χ1) is 8.74. The van der Waals surface area contributed by atoms with Crippen LogP contribution in [0.2, 0.25) is 0 Å². The minimum Gasteiger partial charge on any atom is -0.508 e. The van der Waals surface area contributed by atoms with Gasteiger partial charge in [-0.05, 0) is 50.3 Å². The van der Waals surface area contributed by atoms with E-state index < -0.39 is 0 Å². The molecule has 0 aromatic heterocycles. The Bertz CT molecular complexity index is 344. The molecule has 0 spiro atoms. The van der Waals surface area contributed by atoms with Crippen LogP contribution < -0.4 is 5.32 Å².